The normalized spacial score (nSPS) is 15.3. The third kappa shape index (κ3) is 1.99. The Kier molecular flexibility index (Phi) is 2.59. The summed E-state index contributed by atoms with van der Waals surface area (Å²) in [6.07, 6.45) is 4.14. The molecular formula is C14H18N2OS. The van der Waals surface area contributed by atoms with Crippen molar-refractivity contribution in [2.75, 3.05) is 0 Å². The number of aromatic nitrogens is 2. The number of nitrogens with one attached hydrogen (secondary N) is 1. The Balaban J connectivity index is 2.15. The number of fused-ring (bicyclic) bond motifs is 3. The standard InChI is InChI=1S/C14H18N2OS/c1-14(2,3)7-10-15-12(17)11-8-5-4-6-9(8)18-13(11)16-10/h4-7H2,1-3H3,(H,15,16,17). The Hall–Kier alpha value is -1.16. The fraction of sp³-hybridized carbons (Fsp3) is 0.571. The van der Waals surface area contributed by atoms with Crippen molar-refractivity contribution in [3.8, 4) is 0 Å². The van der Waals surface area contributed by atoms with E-state index in [-0.39, 0.29) is 11.0 Å². The van der Waals surface area contributed by atoms with Crippen molar-refractivity contribution in [2.45, 2.75) is 46.5 Å². The van der Waals surface area contributed by atoms with E-state index < -0.39 is 0 Å². The van der Waals surface area contributed by atoms with Crippen LogP contribution in [0.5, 0.6) is 0 Å². The van der Waals surface area contributed by atoms with Gasteiger partial charge in [-0.3, -0.25) is 4.79 Å². The summed E-state index contributed by atoms with van der Waals surface area (Å²) in [4.78, 5) is 22.1. The van der Waals surface area contributed by atoms with Crippen LogP contribution in [0.4, 0.5) is 0 Å². The third-order valence-corrected chi connectivity index (χ3v) is 4.51. The van der Waals surface area contributed by atoms with E-state index in [1.54, 1.807) is 11.3 Å². The number of H-pyrrole nitrogens is 1. The van der Waals surface area contributed by atoms with Crippen LogP contribution in [0.15, 0.2) is 4.79 Å². The zero-order valence-corrected chi connectivity index (χ0v) is 11.9. The fourth-order valence-corrected chi connectivity index (χ4v) is 3.91. The maximum absolute atomic E-state index is 12.2. The minimum atomic E-state index is 0.0543. The van der Waals surface area contributed by atoms with Crippen molar-refractivity contribution in [3.63, 3.8) is 0 Å². The molecule has 2 heterocycles. The van der Waals surface area contributed by atoms with Gasteiger partial charge in [0.15, 0.2) is 0 Å². The summed E-state index contributed by atoms with van der Waals surface area (Å²) in [5.74, 6) is 0.819. The summed E-state index contributed by atoms with van der Waals surface area (Å²) >= 11 is 1.71. The van der Waals surface area contributed by atoms with Crippen molar-refractivity contribution in [1.29, 1.82) is 0 Å². The molecule has 0 spiro atoms. The highest BCUT2D eigenvalue weighted by molar-refractivity contribution is 7.18. The molecular weight excluding hydrogens is 244 g/mol. The van der Waals surface area contributed by atoms with Crippen LogP contribution in [0.3, 0.4) is 0 Å². The molecule has 96 valence electrons. The van der Waals surface area contributed by atoms with Gasteiger partial charge in [-0.05, 0) is 30.2 Å². The van der Waals surface area contributed by atoms with Gasteiger partial charge in [-0.1, -0.05) is 20.8 Å². The molecule has 18 heavy (non-hydrogen) atoms. The monoisotopic (exact) mass is 262 g/mol. The van der Waals surface area contributed by atoms with Gasteiger partial charge in [0.25, 0.3) is 5.56 Å². The molecule has 0 unspecified atom stereocenters. The lowest BCUT2D eigenvalue weighted by Crippen LogP contribution is -2.17. The summed E-state index contributed by atoms with van der Waals surface area (Å²) in [6, 6.07) is 0. The molecule has 0 atom stereocenters. The van der Waals surface area contributed by atoms with E-state index in [0.717, 1.165) is 35.3 Å². The van der Waals surface area contributed by atoms with E-state index in [4.69, 9.17) is 0 Å². The molecule has 1 aliphatic rings. The highest BCUT2D eigenvalue weighted by Crippen LogP contribution is 2.34. The first-order valence-electron chi connectivity index (χ1n) is 6.47. The summed E-state index contributed by atoms with van der Waals surface area (Å²) < 4.78 is 0. The molecule has 0 radical (unpaired) electrons. The van der Waals surface area contributed by atoms with Crippen LogP contribution in [0.25, 0.3) is 10.2 Å². The lowest BCUT2D eigenvalue weighted by atomic mass is 9.92. The minimum Gasteiger partial charge on any atom is -0.310 e. The zero-order chi connectivity index (χ0) is 12.9. The number of aryl methyl sites for hydroxylation is 2. The first-order chi connectivity index (χ1) is 8.44. The first-order valence-corrected chi connectivity index (χ1v) is 7.29. The quantitative estimate of drug-likeness (QED) is 0.858. The molecule has 3 rings (SSSR count). The van der Waals surface area contributed by atoms with E-state index in [1.807, 2.05) is 0 Å². The molecule has 3 nitrogen and oxygen atoms in total. The molecule has 0 aliphatic heterocycles. The fourth-order valence-electron chi connectivity index (χ4n) is 2.63. The Bertz CT molecular complexity index is 661. The molecule has 0 saturated carbocycles. The van der Waals surface area contributed by atoms with Gasteiger partial charge in [0.2, 0.25) is 0 Å². The van der Waals surface area contributed by atoms with Crippen molar-refractivity contribution < 1.29 is 0 Å². The van der Waals surface area contributed by atoms with Crippen molar-refractivity contribution in [3.05, 3.63) is 26.6 Å². The van der Waals surface area contributed by atoms with Gasteiger partial charge in [-0.15, -0.1) is 11.3 Å². The molecule has 4 heteroatoms. The second-order valence-electron chi connectivity index (χ2n) is 6.29. The van der Waals surface area contributed by atoms with E-state index >= 15 is 0 Å². The molecule has 1 aliphatic carbocycles. The summed E-state index contributed by atoms with van der Waals surface area (Å²) in [6.45, 7) is 6.47. The van der Waals surface area contributed by atoms with Gasteiger partial charge in [0.1, 0.15) is 10.7 Å². The van der Waals surface area contributed by atoms with E-state index in [0.29, 0.717) is 0 Å². The maximum atomic E-state index is 12.2. The number of hydrogen-bond acceptors (Lipinski definition) is 3. The second-order valence-corrected chi connectivity index (χ2v) is 7.37. The minimum absolute atomic E-state index is 0.0543. The molecule has 1 N–H and O–H groups in total. The number of thiophene rings is 1. The summed E-state index contributed by atoms with van der Waals surface area (Å²) in [5.41, 5.74) is 1.45. The predicted octanol–water partition coefficient (Wildman–Crippen LogP) is 3.06. The van der Waals surface area contributed by atoms with Crippen LogP contribution in [0.2, 0.25) is 0 Å². The highest BCUT2D eigenvalue weighted by atomic mass is 32.1. The third-order valence-electron chi connectivity index (χ3n) is 3.32. The average Bonchev–Trinajstić information content (AvgIpc) is 2.72. The smallest absolute Gasteiger partial charge is 0.259 e. The van der Waals surface area contributed by atoms with Crippen LogP contribution in [-0.2, 0) is 19.3 Å². The van der Waals surface area contributed by atoms with Gasteiger partial charge in [0.05, 0.1) is 5.39 Å². The Labute approximate surface area is 110 Å². The van der Waals surface area contributed by atoms with Crippen LogP contribution in [0.1, 0.15) is 43.5 Å². The number of hydrogen-bond donors (Lipinski definition) is 1. The van der Waals surface area contributed by atoms with Gasteiger partial charge in [-0.2, -0.15) is 0 Å². The molecule has 0 saturated heterocycles. The maximum Gasteiger partial charge on any atom is 0.259 e. The van der Waals surface area contributed by atoms with Crippen LogP contribution < -0.4 is 5.56 Å². The molecule has 2 aromatic rings. The zero-order valence-electron chi connectivity index (χ0n) is 11.1. The SMILES string of the molecule is CC(C)(C)Cc1nc2sc3c(c2c(=O)[nH]1)CCC3. The number of nitrogens with zero attached hydrogens (tertiary/aromatic N) is 1. The lowest BCUT2D eigenvalue weighted by Gasteiger charge is -2.16. The van der Waals surface area contributed by atoms with Crippen molar-refractivity contribution in [2.24, 2.45) is 5.41 Å². The molecule has 0 amide bonds. The topological polar surface area (TPSA) is 45.8 Å². The van der Waals surface area contributed by atoms with Gasteiger partial charge in [-0.25, -0.2) is 4.98 Å². The summed E-state index contributed by atoms with van der Waals surface area (Å²) in [7, 11) is 0. The van der Waals surface area contributed by atoms with Gasteiger partial charge in [0, 0.05) is 11.3 Å². The van der Waals surface area contributed by atoms with Crippen molar-refractivity contribution in [1.82, 2.24) is 9.97 Å². The van der Waals surface area contributed by atoms with E-state index in [2.05, 4.69) is 30.7 Å². The number of rotatable bonds is 1. The Morgan fingerprint density at radius 3 is 2.83 bits per heavy atom. The van der Waals surface area contributed by atoms with Crippen molar-refractivity contribution >= 4 is 21.6 Å². The van der Waals surface area contributed by atoms with E-state index in [9.17, 15) is 4.79 Å². The largest absolute Gasteiger partial charge is 0.310 e. The first kappa shape index (κ1) is 11.9. The molecule has 2 aromatic heterocycles. The highest BCUT2D eigenvalue weighted by Gasteiger charge is 2.22. The molecule has 0 fully saturated rings. The predicted molar refractivity (Wildman–Crippen MR) is 75.4 cm³/mol. The summed E-state index contributed by atoms with van der Waals surface area (Å²) in [5, 5.41) is 0.852. The number of aromatic amines is 1. The molecule has 0 aromatic carbocycles. The van der Waals surface area contributed by atoms with Gasteiger partial charge < -0.3 is 4.98 Å². The van der Waals surface area contributed by atoms with Crippen LogP contribution in [-0.4, -0.2) is 9.97 Å². The Morgan fingerprint density at radius 2 is 2.11 bits per heavy atom. The Morgan fingerprint density at radius 1 is 1.33 bits per heavy atom. The van der Waals surface area contributed by atoms with Crippen LogP contribution >= 0.6 is 11.3 Å². The van der Waals surface area contributed by atoms with E-state index in [1.165, 1.54) is 16.9 Å². The van der Waals surface area contributed by atoms with Gasteiger partial charge >= 0.3 is 0 Å². The molecule has 0 bridgehead atoms. The average molecular weight is 262 g/mol. The lowest BCUT2D eigenvalue weighted by molar-refractivity contribution is 0.401. The van der Waals surface area contributed by atoms with Crippen LogP contribution in [0, 0.1) is 5.41 Å². The second kappa shape index (κ2) is 3.92.